The number of guanidine groups is 1. The molecule has 3 unspecified atom stereocenters. The van der Waals surface area contributed by atoms with Crippen LogP contribution in [0.25, 0.3) is 0 Å². The van der Waals surface area contributed by atoms with Gasteiger partial charge in [-0.05, 0) is 57.8 Å². The second kappa shape index (κ2) is 4.51. The van der Waals surface area contributed by atoms with Gasteiger partial charge >= 0.3 is 0 Å². The van der Waals surface area contributed by atoms with Crippen LogP contribution in [0.15, 0.2) is 4.99 Å². The predicted octanol–water partition coefficient (Wildman–Crippen LogP) is 2.47. The molecule has 3 atom stereocenters. The third kappa shape index (κ3) is 3.14. The van der Waals surface area contributed by atoms with Crippen molar-refractivity contribution in [1.29, 1.82) is 0 Å². The maximum Gasteiger partial charge on any atom is 0.191 e. The molecule has 0 saturated heterocycles. The van der Waals surface area contributed by atoms with Crippen molar-refractivity contribution in [3.63, 3.8) is 0 Å². The van der Waals surface area contributed by atoms with E-state index < -0.39 is 0 Å². The van der Waals surface area contributed by atoms with Crippen molar-refractivity contribution >= 4 is 5.96 Å². The van der Waals surface area contributed by atoms with Crippen LogP contribution in [0.3, 0.4) is 0 Å². The fraction of sp³-hybridized carbons (Fsp3) is 0.929. The minimum absolute atomic E-state index is 0.0764. The Labute approximate surface area is 105 Å². The molecule has 2 aliphatic rings. The molecule has 0 radical (unpaired) electrons. The summed E-state index contributed by atoms with van der Waals surface area (Å²) in [6, 6.07) is 0. The molecule has 0 aliphatic heterocycles. The van der Waals surface area contributed by atoms with Gasteiger partial charge in [0, 0.05) is 13.6 Å². The Balaban J connectivity index is 1.89. The third-order valence-electron chi connectivity index (χ3n) is 4.23. The van der Waals surface area contributed by atoms with E-state index in [4.69, 9.17) is 5.73 Å². The lowest BCUT2D eigenvalue weighted by atomic mass is 9.88. The van der Waals surface area contributed by atoms with E-state index in [1.165, 1.54) is 25.7 Å². The molecule has 2 N–H and O–H groups in total. The molecule has 3 nitrogen and oxygen atoms in total. The zero-order valence-corrected chi connectivity index (χ0v) is 11.7. The first kappa shape index (κ1) is 12.7. The first-order valence-corrected chi connectivity index (χ1v) is 6.91. The summed E-state index contributed by atoms with van der Waals surface area (Å²) < 4.78 is 0. The van der Waals surface area contributed by atoms with Gasteiger partial charge in [0.15, 0.2) is 5.96 Å². The summed E-state index contributed by atoms with van der Waals surface area (Å²) in [6.45, 7) is 7.36. The molecular weight excluding hydrogens is 210 g/mol. The van der Waals surface area contributed by atoms with Gasteiger partial charge in [0.05, 0.1) is 5.54 Å². The number of hydrogen-bond acceptors (Lipinski definition) is 1. The van der Waals surface area contributed by atoms with Crippen LogP contribution in [0, 0.1) is 17.8 Å². The van der Waals surface area contributed by atoms with Gasteiger partial charge in [0.1, 0.15) is 0 Å². The van der Waals surface area contributed by atoms with E-state index in [2.05, 4.69) is 37.7 Å². The molecule has 0 aromatic carbocycles. The average Bonchev–Trinajstić information content (AvgIpc) is 2.76. The summed E-state index contributed by atoms with van der Waals surface area (Å²) in [5.41, 5.74) is 5.98. The lowest BCUT2D eigenvalue weighted by Gasteiger charge is -2.29. The summed E-state index contributed by atoms with van der Waals surface area (Å²) in [5.74, 6) is 3.52. The van der Waals surface area contributed by atoms with Crippen LogP contribution in [-0.2, 0) is 0 Å². The highest BCUT2D eigenvalue weighted by Gasteiger charge is 2.39. The molecule has 98 valence electrons. The van der Waals surface area contributed by atoms with E-state index in [-0.39, 0.29) is 5.54 Å². The van der Waals surface area contributed by atoms with Gasteiger partial charge < -0.3 is 10.6 Å². The number of nitrogens with two attached hydrogens (primary N) is 1. The number of rotatable bonds is 2. The van der Waals surface area contributed by atoms with Crippen molar-refractivity contribution in [2.24, 2.45) is 28.5 Å². The van der Waals surface area contributed by atoms with Gasteiger partial charge in [0.25, 0.3) is 0 Å². The van der Waals surface area contributed by atoms with E-state index in [0.29, 0.717) is 5.96 Å². The Hall–Kier alpha value is -0.730. The summed E-state index contributed by atoms with van der Waals surface area (Å²) in [5, 5.41) is 0. The van der Waals surface area contributed by atoms with Crippen LogP contribution in [0.4, 0.5) is 0 Å². The van der Waals surface area contributed by atoms with Crippen molar-refractivity contribution in [3.05, 3.63) is 0 Å². The standard InChI is InChI=1S/C14H27N3/c1-14(2,3)16-13(15)17(4)9-12-8-10-5-6-11(12)7-10/h10-12H,5-9H2,1-4H3,(H2,15,16). The maximum absolute atomic E-state index is 6.06. The largest absolute Gasteiger partial charge is 0.370 e. The second-order valence-electron chi connectivity index (χ2n) is 6.96. The maximum atomic E-state index is 6.06. The van der Waals surface area contributed by atoms with Crippen LogP contribution in [0.5, 0.6) is 0 Å². The third-order valence-corrected chi connectivity index (χ3v) is 4.23. The summed E-state index contributed by atoms with van der Waals surface area (Å²) >= 11 is 0. The van der Waals surface area contributed by atoms with Crippen LogP contribution in [0.2, 0.25) is 0 Å². The number of hydrogen-bond donors (Lipinski definition) is 1. The molecule has 0 spiro atoms. The van der Waals surface area contributed by atoms with Gasteiger partial charge in [-0.15, -0.1) is 0 Å². The molecule has 2 saturated carbocycles. The van der Waals surface area contributed by atoms with Crippen LogP contribution in [-0.4, -0.2) is 30.0 Å². The molecule has 2 rings (SSSR count). The van der Waals surface area contributed by atoms with Gasteiger partial charge in [-0.25, -0.2) is 4.99 Å². The Morgan fingerprint density at radius 3 is 2.47 bits per heavy atom. The van der Waals surface area contributed by atoms with E-state index in [1.807, 2.05) is 0 Å². The molecule has 2 bridgehead atoms. The molecular formula is C14H27N3. The lowest BCUT2D eigenvalue weighted by Crippen LogP contribution is -2.40. The zero-order chi connectivity index (χ0) is 12.6. The molecule has 3 heteroatoms. The summed E-state index contributed by atoms with van der Waals surface area (Å²) in [4.78, 5) is 6.68. The first-order chi connectivity index (χ1) is 7.85. The fourth-order valence-electron chi connectivity index (χ4n) is 3.47. The van der Waals surface area contributed by atoms with Crippen LogP contribution in [0.1, 0.15) is 46.5 Å². The van der Waals surface area contributed by atoms with Gasteiger partial charge in [-0.3, -0.25) is 0 Å². The van der Waals surface area contributed by atoms with E-state index >= 15 is 0 Å². The second-order valence-corrected chi connectivity index (χ2v) is 6.96. The van der Waals surface area contributed by atoms with Crippen molar-refractivity contribution in [1.82, 2.24) is 4.90 Å². The number of fused-ring (bicyclic) bond motifs is 2. The molecule has 0 heterocycles. The van der Waals surface area contributed by atoms with Crippen molar-refractivity contribution in [2.45, 2.75) is 52.0 Å². The Bertz CT molecular complexity index is 303. The smallest absolute Gasteiger partial charge is 0.191 e. The number of aliphatic imine (C=N–C) groups is 1. The molecule has 0 aromatic rings. The predicted molar refractivity (Wildman–Crippen MR) is 72.9 cm³/mol. The summed E-state index contributed by atoms with van der Waals surface area (Å²) in [7, 11) is 2.08. The van der Waals surface area contributed by atoms with Crippen molar-refractivity contribution in [3.8, 4) is 0 Å². The van der Waals surface area contributed by atoms with Crippen molar-refractivity contribution in [2.75, 3.05) is 13.6 Å². The highest BCUT2D eigenvalue weighted by molar-refractivity contribution is 5.78. The van der Waals surface area contributed by atoms with Gasteiger partial charge in [0.2, 0.25) is 0 Å². The van der Waals surface area contributed by atoms with Crippen LogP contribution >= 0.6 is 0 Å². The minimum Gasteiger partial charge on any atom is -0.370 e. The highest BCUT2D eigenvalue weighted by atomic mass is 15.2. The normalized spacial score (nSPS) is 33.2. The monoisotopic (exact) mass is 237 g/mol. The van der Waals surface area contributed by atoms with E-state index in [1.54, 1.807) is 0 Å². The minimum atomic E-state index is -0.0764. The SMILES string of the molecule is CN(CC1CC2CCC1C2)C(N)=NC(C)(C)C. The van der Waals surface area contributed by atoms with Gasteiger partial charge in [-0.2, -0.15) is 0 Å². The van der Waals surface area contributed by atoms with Gasteiger partial charge in [-0.1, -0.05) is 6.42 Å². The lowest BCUT2D eigenvalue weighted by molar-refractivity contribution is 0.274. The highest BCUT2D eigenvalue weighted by Crippen LogP contribution is 2.48. The quantitative estimate of drug-likeness (QED) is 0.592. The zero-order valence-electron chi connectivity index (χ0n) is 11.7. The molecule has 2 aliphatic carbocycles. The molecule has 0 amide bonds. The van der Waals surface area contributed by atoms with Crippen LogP contribution < -0.4 is 5.73 Å². The fourth-order valence-corrected chi connectivity index (χ4v) is 3.47. The van der Waals surface area contributed by atoms with Crippen molar-refractivity contribution < 1.29 is 0 Å². The summed E-state index contributed by atoms with van der Waals surface area (Å²) in [6.07, 6.45) is 5.79. The topological polar surface area (TPSA) is 41.6 Å². The first-order valence-electron chi connectivity index (χ1n) is 6.91. The van der Waals surface area contributed by atoms with E-state index in [0.717, 1.165) is 24.3 Å². The molecule has 2 fully saturated rings. The molecule has 0 aromatic heterocycles. The Morgan fingerprint density at radius 1 is 1.29 bits per heavy atom. The van der Waals surface area contributed by atoms with E-state index in [9.17, 15) is 0 Å². The molecule has 17 heavy (non-hydrogen) atoms. The average molecular weight is 237 g/mol. The Kier molecular flexibility index (Phi) is 3.37. The number of nitrogens with zero attached hydrogens (tertiary/aromatic N) is 2. The Morgan fingerprint density at radius 2 is 2.00 bits per heavy atom.